The molecule has 5 nitrogen and oxygen atoms in total. The van der Waals surface area contributed by atoms with Crippen LogP contribution in [0.25, 0.3) is 16.6 Å². The summed E-state index contributed by atoms with van der Waals surface area (Å²) in [7, 11) is 0. The average Bonchev–Trinajstić information content (AvgIpc) is 2.87. The van der Waals surface area contributed by atoms with Crippen molar-refractivity contribution in [2.75, 3.05) is 5.73 Å². The highest BCUT2D eigenvalue weighted by Gasteiger charge is 2.10. The zero-order valence-corrected chi connectivity index (χ0v) is 12.0. The Morgan fingerprint density at radius 2 is 2.14 bits per heavy atom. The predicted molar refractivity (Wildman–Crippen MR) is 86.8 cm³/mol. The molecule has 3 N–H and O–H groups in total. The van der Waals surface area contributed by atoms with Gasteiger partial charge in [-0.25, -0.2) is 4.98 Å². The molecule has 3 heterocycles. The standard InChI is InChI=1S/C16H17N5/c1-10-5-6-18-11(2)3-4-12(7-10)13-8-19-15-14(13)9-20-16(17)21-15/h3-10H,1-2H3,(H3,17,19,20,21)/b4-3?,6-5-,12-7-,18-11?/t10-/m0/s1. The van der Waals surface area contributed by atoms with Gasteiger partial charge in [0, 0.05) is 35.3 Å². The second-order valence-electron chi connectivity index (χ2n) is 5.12. The number of anilines is 1. The molecule has 0 bridgehead atoms. The largest absolute Gasteiger partial charge is 0.368 e. The van der Waals surface area contributed by atoms with Crippen molar-refractivity contribution in [3.63, 3.8) is 0 Å². The third-order valence-electron chi connectivity index (χ3n) is 3.38. The van der Waals surface area contributed by atoms with E-state index >= 15 is 0 Å². The number of nitrogen functional groups attached to an aromatic ring is 1. The number of fused-ring (bicyclic) bond motifs is 1. The molecule has 0 saturated heterocycles. The van der Waals surface area contributed by atoms with Crippen molar-refractivity contribution in [2.24, 2.45) is 10.9 Å². The van der Waals surface area contributed by atoms with Crippen LogP contribution in [0.4, 0.5) is 5.95 Å². The molecule has 1 aliphatic heterocycles. The summed E-state index contributed by atoms with van der Waals surface area (Å²) in [6.07, 6.45) is 13.9. The quantitative estimate of drug-likeness (QED) is 0.841. The maximum Gasteiger partial charge on any atom is 0.221 e. The van der Waals surface area contributed by atoms with Gasteiger partial charge in [-0.2, -0.15) is 4.98 Å². The van der Waals surface area contributed by atoms with E-state index in [9.17, 15) is 0 Å². The summed E-state index contributed by atoms with van der Waals surface area (Å²) >= 11 is 0. The number of aromatic amines is 1. The van der Waals surface area contributed by atoms with Gasteiger partial charge in [0.25, 0.3) is 0 Å². The van der Waals surface area contributed by atoms with Gasteiger partial charge < -0.3 is 10.7 Å². The van der Waals surface area contributed by atoms with Gasteiger partial charge in [-0.3, -0.25) is 4.99 Å². The summed E-state index contributed by atoms with van der Waals surface area (Å²) < 4.78 is 0. The van der Waals surface area contributed by atoms with E-state index < -0.39 is 0 Å². The molecule has 0 spiro atoms. The maximum atomic E-state index is 5.62. The first-order valence-electron chi connectivity index (χ1n) is 6.84. The van der Waals surface area contributed by atoms with Crippen LogP contribution in [0.15, 0.2) is 47.9 Å². The molecule has 0 radical (unpaired) electrons. The summed E-state index contributed by atoms with van der Waals surface area (Å²) in [5.41, 5.74) is 9.52. The zero-order chi connectivity index (χ0) is 14.8. The van der Waals surface area contributed by atoms with E-state index in [4.69, 9.17) is 5.73 Å². The number of aliphatic imine (C=N–C) groups is 1. The molecule has 1 aliphatic rings. The number of hydrogen-bond donors (Lipinski definition) is 2. The van der Waals surface area contributed by atoms with Crippen molar-refractivity contribution >= 4 is 28.3 Å². The van der Waals surface area contributed by atoms with Crippen LogP contribution in [0.2, 0.25) is 0 Å². The monoisotopic (exact) mass is 279 g/mol. The average molecular weight is 279 g/mol. The van der Waals surface area contributed by atoms with Crippen molar-refractivity contribution in [3.05, 3.63) is 48.5 Å². The molecule has 0 saturated carbocycles. The Hall–Kier alpha value is -2.69. The van der Waals surface area contributed by atoms with Gasteiger partial charge in [0.05, 0.1) is 0 Å². The lowest BCUT2D eigenvalue weighted by Gasteiger charge is -2.04. The van der Waals surface area contributed by atoms with Crippen LogP contribution >= 0.6 is 0 Å². The Morgan fingerprint density at radius 3 is 3.00 bits per heavy atom. The van der Waals surface area contributed by atoms with Crippen LogP contribution in [0.5, 0.6) is 0 Å². The number of allylic oxidation sites excluding steroid dienone is 5. The minimum atomic E-state index is 0.272. The van der Waals surface area contributed by atoms with Crippen LogP contribution < -0.4 is 5.73 Å². The molecule has 106 valence electrons. The van der Waals surface area contributed by atoms with Crippen LogP contribution in [0, 0.1) is 5.92 Å². The molecule has 21 heavy (non-hydrogen) atoms. The zero-order valence-electron chi connectivity index (χ0n) is 12.0. The van der Waals surface area contributed by atoms with Gasteiger partial charge in [0.2, 0.25) is 5.95 Å². The number of nitrogens with one attached hydrogen (secondary N) is 1. The number of aromatic nitrogens is 3. The molecular formula is C16H17N5. The van der Waals surface area contributed by atoms with Crippen molar-refractivity contribution < 1.29 is 0 Å². The third kappa shape index (κ3) is 2.76. The minimum absolute atomic E-state index is 0.272. The molecule has 0 aromatic carbocycles. The Bertz CT molecular complexity index is 792. The molecule has 5 heteroatoms. The van der Waals surface area contributed by atoms with Gasteiger partial charge in [0.1, 0.15) is 5.65 Å². The smallest absolute Gasteiger partial charge is 0.221 e. The fourth-order valence-electron chi connectivity index (χ4n) is 2.28. The van der Waals surface area contributed by atoms with Crippen LogP contribution in [-0.2, 0) is 0 Å². The fourth-order valence-corrected chi connectivity index (χ4v) is 2.28. The fraction of sp³-hybridized carbons (Fsp3) is 0.188. The third-order valence-corrected chi connectivity index (χ3v) is 3.38. The maximum absolute atomic E-state index is 5.62. The topological polar surface area (TPSA) is 80.0 Å². The van der Waals surface area contributed by atoms with Gasteiger partial charge in [-0.05, 0) is 24.5 Å². The normalized spacial score (nSPS) is 22.9. The van der Waals surface area contributed by atoms with E-state index in [1.54, 1.807) is 6.20 Å². The van der Waals surface area contributed by atoms with E-state index in [-0.39, 0.29) is 5.95 Å². The molecule has 2 aromatic heterocycles. The van der Waals surface area contributed by atoms with Gasteiger partial charge in [-0.1, -0.05) is 25.2 Å². The van der Waals surface area contributed by atoms with Crippen LogP contribution in [0.3, 0.4) is 0 Å². The van der Waals surface area contributed by atoms with Gasteiger partial charge in [0.15, 0.2) is 0 Å². The summed E-state index contributed by atoms with van der Waals surface area (Å²) in [5, 5.41) is 0.963. The van der Waals surface area contributed by atoms with E-state index in [0.717, 1.165) is 27.9 Å². The lowest BCUT2D eigenvalue weighted by Crippen LogP contribution is -1.94. The highest BCUT2D eigenvalue weighted by atomic mass is 15.0. The Kier molecular flexibility index (Phi) is 3.39. The number of rotatable bonds is 1. The lowest BCUT2D eigenvalue weighted by molar-refractivity contribution is 0.939. The van der Waals surface area contributed by atoms with Crippen LogP contribution in [-0.4, -0.2) is 20.7 Å². The number of hydrogen-bond acceptors (Lipinski definition) is 4. The highest BCUT2D eigenvalue weighted by Crippen LogP contribution is 2.26. The number of nitrogens with zero attached hydrogens (tertiary/aromatic N) is 3. The molecule has 0 aliphatic carbocycles. The first-order valence-corrected chi connectivity index (χ1v) is 6.84. The molecule has 0 amide bonds. The second-order valence-corrected chi connectivity index (χ2v) is 5.12. The highest BCUT2D eigenvalue weighted by molar-refractivity contribution is 5.99. The first kappa shape index (κ1) is 13.3. The van der Waals surface area contributed by atoms with Gasteiger partial charge >= 0.3 is 0 Å². The Labute approximate surface area is 123 Å². The van der Waals surface area contributed by atoms with E-state index in [1.807, 2.05) is 25.4 Å². The van der Waals surface area contributed by atoms with Gasteiger partial charge in [-0.15, -0.1) is 0 Å². The van der Waals surface area contributed by atoms with E-state index in [1.165, 1.54) is 0 Å². The summed E-state index contributed by atoms with van der Waals surface area (Å²) in [6, 6.07) is 0. The SMILES string of the molecule is CC1=N/C=C\[C@H](C)/C=C(\c2c[nH]c3nc(N)ncc23)C=C1. The van der Waals surface area contributed by atoms with Crippen molar-refractivity contribution in [2.45, 2.75) is 13.8 Å². The minimum Gasteiger partial charge on any atom is -0.368 e. The Morgan fingerprint density at radius 1 is 1.29 bits per heavy atom. The lowest BCUT2D eigenvalue weighted by atomic mass is 10.0. The molecule has 1 atom stereocenters. The number of nitrogens with two attached hydrogens (primary N) is 1. The molecule has 3 rings (SSSR count). The second kappa shape index (κ2) is 5.36. The van der Waals surface area contributed by atoms with E-state index in [2.05, 4.69) is 45.1 Å². The van der Waals surface area contributed by atoms with Crippen molar-refractivity contribution in [3.8, 4) is 0 Å². The van der Waals surface area contributed by atoms with Crippen LogP contribution in [0.1, 0.15) is 19.4 Å². The summed E-state index contributed by atoms with van der Waals surface area (Å²) in [4.78, 5) is 15.8. The molecular weight excluding hydrogens is 262 g/mol. The molecule has 2 aromatic rings. The predicted octanol–water partition coefficient (Wildman–Crippen LogP) is 3.10. The number of H-pyrrole nitrogens is 1. The summed E-state index contributed by atoms with van der Waals surface area (Å²) in [6.45, 7) is 4.11. The van der Waals surface area contributed by atoms with Crippen molar-refractivity contribution in [1.29, 1.82) is 0 Å². The summed E-state index contributed by atoms with van der Waals surface area (Å²) in [5.74, 6) is 0.563. The van der Waals surface area contributed by atoms with Crippen molar-refractivity contribution in [1.82, 2.24) is 15.0 Å². The Balaban J connectivity index is 2.13. The first-order chi connectivity index (χ1) is 10.1. The van der Waals surface area contributed by atoms with E-state index in [0.29, 0.717) is 5.92 Å². The molecule has 0 unspecified atom stereocenters. The molecule has 0 fully saturated rings.